The zero-order valence-corrected chi connectivity index (χ0v) is 9.52. The van der Waals surface area contributed by atoms with Crippen LogP contribution in [0, 0.1) is 0 Å². The van der Waals surface area contributed by atoms with E-state index in [9.17, 15) is 0 Å². The fourth-order valence-corrected chi connectivity index (χ4v) is 1.96. The Balaban J connectivity index is 2.32. The van der Waals surface area contributed by atoms with Gasteiger partial charge in [-0.05, 0) is 11.6 Å². The van der Waals surface area contributed by atoms with E-state index in [2.05, 4.69) is 10.3 Å². The van der Waals surface area contributed by atoms with Gasteiger partial charge in [0.1, 0.15) is 5.84 Å². The molecule has 3 nitrogen and oxygen atoms in total. The molecule has 15 heavy (non-hydrogen) atoms. The Morgan fingerprint density at radius 3 is 2.87 bits per heavy atom. The monoisotopic (exact) mass is 243 g/mol. The van der Waals surface area contributed by atoms with Crippen LogP contribution in [0.5, 0.6) is 0 Å². The van der Waals surface area contributed by atoms with Gasteiger partial charge in [-0.15, -0.1) is 0 Å². The summed E-state index contributed by atoms with van der Waals surface area (Å²) in [6.45, 7) is 1.60. The molecule has 0 radical (unpaired) electrons. The van der Waals surface area contributed by atoms with E-state index in [-0.39, 0.29) is 6.04 Å². The third-order valence-electron chi connectivity index (χ3n) is 2.31. The summed E-state index contributed by atoms with van der Waals surface area (Å²) in [5, 5.41) is 4.14. The molecule has 0 saturated carbocycles. The van der Waals surface area contributed by atoms with Gasteiger partial charge in [-0.1, -0.05) is 35.3 Å². The highest BCUT2D eigenvalue weighted by atomic mass is 35.5. The van der Waals surface area contributed by atoms with Crippen molar-refractivity contribution < 1.29 is 0 Å². The predicted octanol–water partition coefficient (Wildman–Crippen LogP) is 1.99. The Labute approximate surface area is 98.3 Å². The number of nitrogens with two attached hydrogens (primary N) is 1. The average Bonchev–Trinajstić information content (AvgIpc) is 2.74. The Morgan fingerprint density at radius 1 is 1.40 bits per heavy atom. The molecule has 80 valence electrons. The predicted molar refractivity (Wildman–Crippen MR) is 63.7 cm³/mol. The molecule has 1 unspecified atom stereocenters. The van der Waals surface area contributed by atoms with Crippen LogP contribution in [0.1, 0.15) is 11.6 Å². The number of aliphatic imine (C=N–C) groups is 1. The largest absolute Gasteiger partial charge is 0.370 e. The molecule has 0 fully saturated rings. The summed E-state index contributed by atoms with van der Waals surface area (Å²) < 4.78 is 0. The Bertz CT molecular complexity index is 404. The highest BCUT2D eigenvalue weighted by Gasteiger charge is 2.19. The number of hydrogen-bond acceptors (Lipinski definition) is 3. The summed E-state index contributed by atoms with van der Waals surface area (Å²) in [7, 11) is 0. The molecule has 0 bridgehead atoms. The second kappa shape index (κ2) is 4.39. The number of halogens is 2. The third kappa shape index (κ3) is 2.09. The average molecular weight is 244 g/mol. The quantitative estimate of drug-likeness (QED) is 0.835. The van der Waals surface area contributed by atoms with E-state index in [0.717, 1.165) is 24.5 Å². The first-order valence-electron chi connectivity index (χ1n) is 4.68. The van der Waals surface area contributed by atoms with Gasteiger partial charge in [0.15, 0.2) is 0 Å². The number of nitrogens with zero attached hydrogens (tertiary/aromatic N) is 1. The van der Waals surface area contributed by atoms with Gasteiger partial charge in [0.2, 0.25) is 0 Å². The number of benzene rings is 1. The van der Waals surface area contributed by atoms with E-state index >= 15 is 0 Å². The summed E-state index contributed by atoms with van der Waals surface area (Å²) in [6, 6.07) is 5.11. The van der Waals surface area contributed by atoms with Crippen LogP contribution < -0.4 is 11.1 Å². The van der Waals surface area contributed by atoms with E-state index < -0.39 is 0 Å². The van der Waals surface area contributed by atoms with Crippen LogP contribution in [0.2, 0.25) is 10.0 Å². The molecule has 1 heterocycles. The van der Waals surface area contributed by atoms with Crippen molar-refractivity contribution in [1.82, 2.24) is 5.32 Å². The van der Waals surface area contributed by atoms with Gasteiger partial charge < -0.3 is 11.1 Å². The lowest BCUT2D eigenvalue weighted by atomic mass is 10.1. The van der Waals surface area contributed by atoms with E-state index in [4.69, 9.17) is 28.9 Å². The van der Waals surface area contributed by atoms with Gasteiger partial charge in [0.05, 0.1) is 22.6 Å². The SMILES string of the molecule is NC(C1=NCCN1)c1cccc(Cl)c1Cl. The highest BCUT2D eigenvalue weighted by Crippen LogP contribution is 2.29. The van der Waals surface area contributed by atoms with Crippen molar-refractivity contribution in [2.45, 2.75) is 6.04 Å². The van der Waals surface area contributed by atoms with Crippen LogP contribution in [0.15, 0.2) is 23.2 Å². The minimum atomic E-state index is -0.321. The standard InChI is InChI=1S/C10H11Cl2N3/c11-7-3-1-2-6(8(7)12)9(13)10-14-4-5-15-10/h1-3,9H,4-5,13H2,(H,14,15). The molecule has 1 aliphatic rings. The first kappa shape index (κ1) is 10.7. The molecule has 0 aliphatic carbocycles. The van der Waals surface area contributed by atoms with E-state index in [1.165, 1.54) is 0 Å². The molecule has 1 atom stereocenters. The molecular formula is C10H11Cl2N3. The second-order valence-corrected chi connectivity index (χ2v) is 4.10. The van der Waals surface area contributed by atoms with Crippen molar-refractivity contribution in [2.24, 2.45) is 10.7 Å². The molecule has 0 saturated heterocycles. The summed E-state index contributed by atoms with van der Waals surface area (Å²) in [5.41, 5.74) is 6.84. The topological polar surface area (TPSA) is 50.4 Å². The fourth-order valence-electron chi connectivity index (χ4n) is 1.53. The normalized spacial score (nSPS) is 17.1. The summed E-state index contributed by atoms with van der Waals surface area (Å²) in [6.07, 6.45) is 0. The maximum Gasteiger partial charge on any atom is 0.118 e. The Hall–Kier alpha value is -0.770. The van der Waals surface area contributed by atoms with Crippen molar-refractivity contribution in [1.29, 1.82) is 0 Å². The van der Waals surface area contributed by atoms with Crippen molar-refractivity contribution in [3.8, 4) is 0 Å². The van der Waals surface area contributed by atoms with Gasteiger partial charge in [-0.3, -0.25) is 4.99 Å². The number of rotatable bonds is 2. The Kier molecular flexibility index (Phi) is 3.14. The first-order chi connectivity index (χ1) is 7.20. The van der Waals surface area contributed by atoms with Gasteiger partial charge in [-0.2, -0.15) is 0 Å². The van der Waals surface area contributed by atoms with Crippen LogP contribution >= 0.6 is 23.2 Å². The van der Waals surface area contributed by atoms with Gasteiger partial charge >= 0.3 is 0 Å². The van der Waals surface area contributed by atoms with E-state index in [0.29, 0.717) is 10.0 Å². The van der Waals surface area contributed by atoms with Crippen LogP contribution in [-0.2, 0) is 0 Å². The van der Waals surface area contributed by atoms with Crippen LogP contribution in [0.4, 0.5) is 0 Å². The maximum atomic E-state index is 6.07. The molecule has 2 rings (SSSR count). The van der Waals surface area contributed by atoms with Crippen molar-refractivity contribution in [3.05, 3.63) is 33.8 Å². The molecule has 5 heteroatoms. The summed E-state index contributed by atoms with van der Waals surface area (Å²) in [4.78, 5) is 4.26. The van der Waals surface area contributed by atoms with Crippen molar-refractivity contribution in [3.63, 3.8) is 0 Å². The molecular weight excluding hydrogens is 233 g/mol. The van der Waals surface area contributed by atoms with E-state index in [1.54, 1.807) is 6.07 Å². The lowest BCUT2D eigenvalue weighted by molar-refractivity contribution is 0.894. The van der Waals surface area contributed by atoms with Gasteiger partial charge in [0.25, 0.3) is 0 Å². The zero-order chi connectivity index (χ0) is 10.8. The van der Waals surface area contributed by atoms with Crippen LogP contribution in [0.3, 0.4) is 0 Å². The molecule has 3 N–H and O–H groups in total. The molecule has 1 aromatic rings. The highest BCUT2D eigenvalue weighted by molar-refractivity contribution is 6.42. The molecule has 1 aliphatic heterocycles. The number of amidine groups is 1. The van der Waals surface area contributed by atoms with Crippen LogP contribution in [0.25, 0.3) is 0 Å². The lowest BCUT2D eigenvalue weighted by Crippen LogP contribution is -2.31. The summed E-state index contributed by atoms with van der Waals surface area (Å²) >= 11 is 12.0. The summed E-state index contributed by atoms with van der Waals surface area (Å²) in [5.74, 6) is 0.777. The number of hydrogen-bond donors (Lipinski definition) is 2. The zero-order valence-electron chi connectivity index (χ0n) is 8.00. The molecule has 0 amide bonds. The first-order valence-corrected chi connectivity index (χ1v) is 5.43. The van der Waals surface area contributed by atoms with Gasteiger partial charge in [0, 0.05) is 6.54 Å². The molecule has 0 aromatic heterocycles. The van der Waals surface area contributed by atoms with Gasteiger partial charge in [-0.25, -0.2) is 0 Å². The number of nitrogens with one attached hydrogen (secondary N) is 1. The third-order valence-corrected chi connectivity index (χ3v) is 3.14. The van der Waals surface area contributed by atoms with Crippen molar-refractivity contribution >= 4 is 29.0 Å². The molecule has 1 aromatic carbocycles. The lowest BCUT2D eigenvalue weighted by Gasteiger charge is -2.14. The second-order valence-electron chi connectivity index (χ2n) is 3.31. The minimum absolute atomic E-state index is 0.321. The minimum Gasteiger partial charge on any atom is -0.370 e. The molecule has 0 spiro atoms. The Morgan fingerprint density at radius 2 is 2.20 bits per heavy atom. The smallest absolute Gasteiger partial charge is 0.118 e. The fraction of sp³-hybridized carbons (Fsp3) is 0.300. The van der Waals surface area contributed by atoms with Crippen molar-refractivity contribution in [2.75, 3.05) is 13.1 Å². The van der Waals surface area contributed by atoms with E-state index in [1.807, 2.05) is 12.1 Å². The maximum absolute atomic E-state index is 6.07. The van der Waals surface area contributed by atoms with Crippen LogP contribution in [-0.4, -0.2) is 18.9 Å².